The zero-order chi connectivity index (χ0) is 15.5. The van der Waals surface area contributed by atoms with E-state index in [0.717, 1.165) is 23.2 Å². The fourth-order valence-corrected chi connectivity index (χ4v) is 2.21. The van der Waals surface area contributed by atoms with Gasteiger partial charge in [-0.2, -0.15) is 4.80 Å². The monoisotopic (exact) mass is 307 g/mol. The van der Waals surface area contributed by atoms with E-state index in [1.807, 2.05) is 30.3 Å². The van der Waals surface area contributed by atoms with E-state index >= 15 is 0 Å². The van der Waals surface area contributed by atoms with Gasteiger partial charge in [0.25, 0.3) is 6.43 Å². The molecule has 1 aromatic heterocycles. The van der Waals surface area contributed by atoms with Crippen molar-refractivity contribution in [2.45, 2.75) is 31.9 Å². The maximum Gasteiger partial charge on any atom is 0.255 e. The molecule has 22 heavy (non-hydrogen) atoms. The lowest BCUT2D eigenvalue weighted by Crippen LogP contribution is -2.39. The Hall–Kier alpha value is -2.38. The van der Waals surface area contributed by atoms with Crippen LogP contribution in [0, 0.1) is 0 Å². The molecule has 1 saturated carbocycles. The summed E-state index contributed by atoms with van der Waals surface area (Å²) in [5.74, 6) is 0.0000400. The van der Waals surface area contributed by atoms with Crippen LogP contribution in [0.1, 0.15) is 12.8 Å². The molecule has 8 heteroatoms. The van der Waals surface area contributed by atoms with Gasteiger partial charge < -0.3 is 4.90 Å². The Morgan fingerprint density at radius 1 is 1.32 bits per heavy atom. The van der Waals surface area contributed by atoms with Crippen molar-refractivity contribution in [2.75, 3.05) is 6.54 Å². The van der Waals surface area contributed by atoms with Crippen molar-refractivity contribution in [2.24, 2.45) is 0 Å². The average molecular weight is 307 g/mol. The fourth-order valence-electron chi connectivity index (χ4n) is 2.21. The summed E-state index contributed by atoms with van der Waals surface area (Å²) in [6.45, 7) is -0.715. The Morgan fingerprint density at radius 2 is 2.05 bits per heavy atom. The van der Waals surface area contributed by atoms with Gasteiger partial charge in [-0.05, 0) is 18.1 Å². The van der Waals surface area contributed by atoms with Gasteiger partial charge in [-0.3, -0.25) is 4.79 Å². The van der Waals surface area contributed by atoms with Gasteiger partial charge in [0.1, 0.15) is 6.54 Å². The van der Waals surface area contributed by atoms with Crippen molar-refractivity contribution in [3.63, 3.8) is 0 Å². The maximum atomic E-state index is 12.6. The molecule has 0 bridgehead atoms. The summed E-state index contributed by atoms with van der Waals surface area (Å²) in [5.41, 5.74) is 0.785. The van der Waals surface area contributed by atoms with Gasteiger partial charge in [0, 0.05) is 11.6 Å². The summed E-state index contributed by atoms with van der Waals surface area (Å²) >= 11 is 0. The maximum absolute atomic E-state index is 12.6. The third-order valence-electron chi connectivity index (χ3n) is 3.40. The van der Waals surface area contributed by atoms with Crippen LogP contribution in [0.2, 0.25) is 0 Å². The zero-order valence-corrected chi connectivity index (χ0v) is 11.8. The number of amides is 1. The molecule has 0 atom stereocenters. The second kappa shape index (κ2) is 6.17. The molecule has 1 aliphatic carbocycles. The van der Waals surface area contributed by atoms with E-state index in [9.17, 15) is 13.6 Å². The molecular weight excluding hydrogens is 292 g/mol. The summed E-state index contributed by atoms with van der Waals surface area (Å²) in [7, 11) is 0. The molecule has 0 aliphatic heterocycles. The standard InChI is InChI=1S/C14H15F2N5O/c15-12(16)8-20(11-6-7-11)13(22)9-21-18-14(17-19-21)10-4-2-1-3-5-10/h1-5,11-12H,6-9H2. The van der Waals surface area contributed by atoms with E-state index in [1.165, 1.54) is 4.90 Å². The Balaban J connectivity index is 1.67. The molecule has 116 valence electrons. The van der Waals surface area contributed by atoms with E-state index in [-0.39, 0.29) is 12.6 Å². The van der Waals surface area contributed by atoms with Crippen LogP contribution in [0.15, 0.2) is 30.3 Å². The van der Waals surface area contributed by atoms with E-state index in [2.05, 4.69) is 15.4 Å². The molecule has 1 heterocycles. The Bertz CT molecular complexity index is 642. The van der Waals surface area contributed by atoms with Crippen molar-refractivity contribution >= 4 is 5.91 Å². The van der Waals surface area contributed by atoms with Crippen LogP contribution in [-0.4, -0.2) is 50.0 Å². The van der Waals surface area contributed by atoms with Gasteiger partial charge in [-0.1, -0.05) is 30.3 Å². The molecule has 0 unspecified atom stereocenters. The number of hydrogen-bond acceptors (Lipinski definition) is 4. The van der Waals surface area contributed by atoms with Gasteiger partial charge in [0.05, 0.1) is 6.54 Å². The molecule has 2 aromatic rings. The second-order valence-corrected chi connectivity index (χ2v) is 5.18. The van der Waals surface area contributed by atoms with Gasteiger partial charge >= 0.3 is 0 Å². The topological polar surface area (TPSA) is 63.9 Å². The highest BCUT2D eigenvalue weighted by atomic mass is 19.3. The minimum absolute atomic E-state index is 0.0707. The molecule has 6 nitrogen and oxygen atoms in total. The second-order valence-electron chi connectivity index (χ2n) is 5.18. The lowest BCUT2D eigenvalue weighted by atomic mass is 10.2. The van der Waals surface area contributed by atoms with Crippen molar-refractivity contribution < 1.29 is 13.6 Å². The number of aromatic nitrogens is 4. The van der Waals surface area contributed by atoms with Crippen LogP contribution in [0.25, 0.3) is 11.4 Å². The summed E-state index contributed by atoms with van der Waals surface area (Å²) in [6, 6.07) is 9.15. The first-order valence-electron chi connectivity index (χ1n) is 7.04. The van der Waals surface area contributed by atoms with Gasteiger partial charge in [0.2, 0.25) is 11.7 Å². The number of tetrazole rings is 1. The Kier molecular flexibility index (Phi) is 4.08. The van der Waals surface area contributed by atoms with Gasteiger partial charge in [-0.15, -0.1) is 10.2 Å². The smallest absolute Gasteiger partial charge is 0.255 e. The highest BCUT2D eigenvalue weighted by Crippen LogP contribution is 2.27. The summed E-state index contributed by atoms with van der Waals surface area (Å²) in [6.07, 6.45) is -0.982. The fraction of sp³-hybridized carbons (Fsp3) is 0.429. The van der Waals surface area contributed by atoms with Crippen LogP contribution in [0.4, 0.5) is 8.78 Å². The van der Waals surface area contributed by atoms with Crippen LogP contribution < -0.4 is 0 Å². The predicted octanol–water partition coefficient (Wildman–Crippen LogP) is 1.60. The first-order valence-corrected chi connectivity index (χ1v) is 7.04. The molecule has 0 radical (unpaired) electrons. The van der Waals surface area contributed by atoms with Crippen LogP contribution in [0.5, 0.6) is 0 Å². The van der Waals surface area contributed by atoms with E-state index in [1.54, 1.807) is 0 Å². The number of hydrogen-bond donors (Lipinski definition) is 0. The predicted molar refractivity (Wildman–Crippen MR) is 74.0 cm³/mol. The first kappa shape index (κ1) is 14.6. The van der Waals surface area contributed by atoms with Crippen molar-refractivity contribution in [3.05, 3.63) is 30.3 Å². The molecule has 3 rings (SSSR count). The van der Waals surface area contributed by atoms with Gasteiger partial charge in [0.15, 0.2) is 0 Å². The van der Waals surface area contributed by atoms with Crippen molar-refractivity contribution in [1.82, 2.24) is 25.1 Å². The third-order valence-corrected chi connectivity index (χ3v) is 3.40. The normalized spacial score (nSPS) is 14.3. The highest BCUT2D eigenvalue weighted by Gasteiger charge is 2.34. The van der Waals surface area contributed by atoms with E-state index < -0.39 is 18.9 Å². The lowest BCUT2D eigenvalue weighted by Gasteiger charge is -2.21. The number of rotatable bonds is 6. The molecule has 0 spiro atoms. The quantitative estimate of drug-likeness (QED) is 0.813. The first-order chi connectivity index (χ1) is 10.6. The minimum atomic E-state index is -2.53. The summed E-state index contributed by atoms with van der Waals surface area (Å²) in [4.78, 5) is 14.5. The summed E-state index contributed by atoms with van der Waals surface area (Å²) < 4.78 is 25.1. The number of benzene rings is 1. The highest BCUT2D eigenvalue weighted by molar-refractivity contribution is 5.76. The number of carbonyl (C=O) groups excluding carboxylic acids is 1. The lowest BCUT2D eigenvalue weighted by molar-refractivity contribution is -0.134. The van der Waals surface area contributed by atoms with Crippen LogP contribution in [0.3, 0.4) is 0 Å². The molecule has 1 aliphatic rings. The number of nitrogens with zero attached hydrogens (tertiary/aromatic N) is 5. The zero-order valence-electron chi connectivity index (χ0n) is 11.8. The SMILES string of the molecule is O=C(Cn1nnc(-c2ccccc2)n1)N(CC(F)F)C1CC1. The van der Waals surface area contributed by atoms with Crippen molar-refractivity contribution in [3.8, 4) is 11.4 Å². The largest absolute Gasteiger partial charge is 0.332 e. The third kappa shape index (κ3) is 3.44. The Labute approximate surface area is 125 Å². The molecule has 0 saturated heterocycles. The molecular formula is C14H15F2N5O. The van der Waals surface area contributed by atoms with E-state index in [0.29, 0.717) is 5.82 Å². The number of carbonyl (C=O) groups is 1. The van der Waals surface area contributed by atoms with Crippen LogP contribution >= 0.6 is 0 Å². The molecule has 1 aromatic carbocycles. The molecule has 0 N–H and O–H groups in total. The van der Waals surface area contributed by atoms with Crippen molar-refractivity contribution in [1.29, 1.82) is 0 Å². The van der Waals surface area contributed by atoms with E-state index in [4.69, 9.17) is 0 Å². The Morgan fingerprint density at radius 3 is 2.68 bits per heavy atom. The van der Waals surface area contributed by atoms with Crippen LogP contribution in [-0.2, 0) is 11.3 Å². The average Bonchev–Trinajstić information content (AvgIpc) is 3.24. The molecule has 1 amide bonds. The summed E-state index contributed by atoms with van der Waals surface area (Å²) in [5, 5.41) is 11.8. The number of halogens is 2. The van der Waals surface area contributed by atoms with Gasteiger partial charge in [-0.25, -0.2) is 8.78 Å². The minimum Gasteiger partial charge on any atom is -0.332 e. The molecule has 1 fully saturated rings. The number of alkyl halides is 2.